The van der Waals surface area contributed by atoms with E-state index >= 15 is 0 Å². The Morgan fingerprint density at radius 1 is 1.12 bits per heavy atom. The molecule has 8 nitrogen and oxygen atoms in total. The third-order valence-electron chi connectivity index (χ3n) is 3.93. The van der Waals surface area contributed by atoms with Crippen LogP contribution in [0.4, 0.5) is 0 Å². The molecule has 0 amide bonds. The number of hydrogen-bond acceptors (Lipinski definition) is 8. The molecule has 9 heteroatoms. The fourth-order valence-corrected chi connectivity index (χ4v) is 3.39. The van der Waals surface area contributed by atoms with Gasteiger partial charge in [0.15, 0.2) is 6.29 Å². The minimum absolute atomic E-state index is 0.250. The van der Waals surface area contributed by atoms with Crippen LogP contribution in [0.1, 0.15) is 5.56 Å². The molecule has 0 spiro atoms. The lowest BCUT2D eigenvalue weighted by Crippen LogP contribution is -2.34. The van der Waals surface area contributed by atoms with Crippen LogP contribution in [-0.4, -0.2) is 46.5 Å². The van der Waals surface area contributed by atoms with Gasteiger partial charge in [0.05, 0.1) is 13.2 Å². The number of fused-ring (bicyclic) bond motifs is 1. The summed E-state index contributed by atoms with van der Waals surface area (Å²) in [5.41, 5.74) is 0.625. The Kier molecular flexibility index (Phi) is 5.52. The topological polar surface area (TPSA) is 129 Å². The minimum Gasteiger partial charge on any atom is -0.756 e. The summed E-state index contributed by atoms with van der Waals surface area (Å²) in [6.45, 7) is -0.834. The van der Waals surface area contributed by atoms with E-state index in [1.165, 1.54) is 0 Å². The molecule has 3 rings (SSSR count). The number of rotatable bonds is 6. The molecule has 0 bridgehead atoms. The lowest BCUT2D eigenvalue weighted by Gasteiger charge is -2.27. The first-order chi connectivity index (χ1) is 11.9. The SMILES string of the molecule is O=P([O-])(OCc1ccc2ccccc2c1)O[C@@H]1O[C@H](CO)[C@@H](O)[C@@H]1O. The number of hydrogen-bond donors (Lipinski definition) is 3. The molecule has 5 atom stereocenters. The average Bonchev–Trinajstić information content (AvgIpc) is 2.87. The van der Waals surface area contributed by atoms with Gasteiger partial charge in [-0.15, -0.1) is 0 Å². The van der Waals surface area contributed by atoms with Crippen LogP contribution in [0.3, 0.4) is 0 Å². The molecule has 0 saturated carbocycles. The Hall–Kier alpha value is -1.35. The smallest absolute Gasteiger partial charge is 0.270 e. The van der Waals surface area contributed by atoms with Gasteiger partial charge in [0.25, 0.3) is 7.82 Å². The highest BCUT2D eigenvalue weighted by molar-refractivity contribution is 7.45. The number of ether oxygens (including phenoxy) is 1. The van der Waals surface area contributed by atoms with Gasteiger partial charge in [-0.3, -0.25) is 9.09 Å². The molecule has 1 fully saturated rings. The summed E-state index contributed by atoms with van der Waals surface area (Å²) in [7, 11) is -4.80. The van der Waals surface area contributed by atoms with Crippen molar-refractivity contribution in [1.82, 2.24) is 0 Å². The standard InChI is InChI=1S/C16H19O8P/c17-8-13-14(18)15(19)16(23-13)24-25(20,21)22-9-10-5-6-11-3-1-2-4-12(11)7-10/h1-7,13-19H,8-9H2,(H,20,21)/p-1/t13-,14-,15+,16+/m1/s1. The van der Waals surface area contributed by atoms with Gasteiger partial charge in [-0.05, 0) is 22.4 Å². The molecule has 0 radical (unpaired) electrons. The van der Waals surface area contributed by atoms with E-state index in [2.05, 4.69) is 4.52 Å². The van der Waals surface area contributed by atoms with Crippen molar-refractivity contribution in [2.24, 2.45) is 0 Å². The number of phosphoric ester groups is 1. The maximum absolute atomic E-state index is 11.9. The first kappa shape index (κ1) is 18.4. The van der Waals surface area contributed by atoms with E-state index in [1.54, 1.807) is 12.1 Å². The van der Waals surface area contributed by atoms with Gasteiger partial charge >= 0.3 is 0 Å². The van der Waals surface area contributed by atoms with Gasteiger partial charge in [-0.1, -0.05) is 36.4 Å². The van der Waals surface area contributed by atoms with Crippen LogP contribution in [0.2, 0.25) is 0 Å². The summed E-state index contributed by atoms with van der Waals surface area (Å²) in [5, 5.41) is 30.2. The lowest BCUT2D eigenvalue weighted by atomic mass is 10.1. The molecule has 3 N–H and O–H groups in total. The molecule has 25 heavy (non-hydrogen) atoms. The highest BCUT2D eigenvalue weighted by atomic mass is 31.2. The molecular weight excluding hydrogens is 351 g/mol. The fraction of sp³-hybridized carbons (Fsp3) is 0.375. The largest absolute Gasteiger partial charge is 0.756 e. The Labute approximate surface area is 143 Å². The molecule has 2 aromatic rings. The number of aliphatic hydroxyl groups excluding tert-OH is 3. The van der Waals surface area contributed by atoms with Gasteiger partial charge in [-0.25, -0.2) is 0 Å². The third kappa shape index (κ3) is 4.25. The monoisotopic (exact) mass is 369 g/mol. The van der Waals surface area contributed by atoms with Gasteiger partial charge in [0.2, 0.25) is 0 Å². The van der Waals surface area contributed by atoms with Gasteiger partial charge in [-0.2, -0.15) is 0 Å². The summed E-state index contributed by atoms with van der Waals surface area (Å²) in [6.07, 6.45) is -5.81. The fourth-order valence-electron chi connectivity index (χ4n) is 2.59. The van der Waals surface area contributed by atoms with Crippen molar-refractivity contribution < 1.29 is 38.6 Å². The summed E-state index contributed by atoms with van der Waals surface area (Å²) in [4.78, 5) is 11.9. The summed E-state index contributed by atoms with van der Waals surface area (Å²) in [5.74, 6) is 0. The van der Waals surface area contributed by atoms with E-state index in [4.69, 9.17) is 14.4 Å². The maximum atomic E-state index is 11.9. The molecular formula is C16H18O8P-. The number of phosphoric acid groups is 1. The third-order valence-corrected chi connectivity index (χ3v) is 4.85. The van der Waals surface area contributed by atoms with Crippen LogP contribution in [0.15, 0.2) is 42.5 Å². The predicted octanol–water partition coefficient (Wildman–Crippen LogP) is 0.280. The molecule has 1 aliphatic heterocycles. The van der Waals surface area contributed by atoms with Crippen molar-refractivity contribution in [2.45, 2.75) is 31.2 Å². The maximum Gasteiger partial charge on any atom is 0.270 e. The van der Waals surface area contributed by atoms with E-state index < -0.39 is 39.0 Å². The number of aliphatic hydroxyl groups is 3. The van der Waals surface area contributed by atoms with Gasteiger partial charge in [0.1, 0.15) is 18.3 Å². The Bertz CT molecular complexity index is 782. The molecule has 1 heterocycles. The van der Waals surface area contributed by atoms with E-state index in [-0.39, 0.29) is 6.61 Å². The van der Waals surface area contributed by atoms with E-state index in [1.807, 2.05) is 30.3 Å². The normalized spacial score (nSPS) is 29.0. The van der Waals surface area contributed by atoms with Crippen molar-refractivity contribution in [3.63, 3.8) is 0 Å². The lowest BCUT2D eigenvalue weighted by molar-refractivity contribution is -0.250. The second-order valence-electron chi connectivity index (χ2n) is 5.71. The highest BCUT2D eigenvalue weighted by Crippen LogP contribution is 2.43. The van der Waals surface area contributed by atoms with Crippen molar-refractivity contribution in [1.29, 1.82) is 0 Å². The molecule has 0 aromatic heterocycles. The second-order valence-corrected chi connectivity index (χ2v) is 7.08. The van der Waals surface area contributed by atoms with E-state index in [0.717, 1.165) is 10.8 Å². The number of benzene rings is 2. The van der Waals surface area contributed by atoms with Crippen molar-refractivity contribution >= 4 is 18.6 Å². The predicted molar refractivity (Wildman–Crippen MR) is 85.2 cm³/mol. The van der Waals surface area contributed by atoms with Crippen LogP contribution >= 0.6 is 7.82 Å². The van der Waals surface area contributed by atoms with Crippen LogP contribution in [0, 0.1) is 0 Å². The summed E-state index contributed by atoms with van der Waals surface area (Å²) >= 11 is 0. The van der Waals surface area contributed by atoms with Crippen molar-refractivity contribution in [3.05, 3.63) is 48.0 Å². The zero-order valence-corrected chi connectivity index (χ0v) is 14.0. The Morgan fingerprint density at radius 3 is 2.52 bits per heavy atom. The molecule has 136 valence electrons. The average molecular weight is 369 g/mol. The van der Waals surface area contributed by atoms with Crippen LogP contribution in [-0.2, 0) is 25.0 Å². The summed E-state index contributed by atoms with van der Waals surface area (Å²) in [6, 6.07) is 13.0. The first-order valence-corrected chi connectivity index (χ1v) is 9.10. The van der Waals surface area contributed by atoms with Crippen LogP contribution < -0.4 is 4.89 Å². The minimum atomic E-state index is -4.80. The van der Waals surface area contributed by atoms with Crippen LogP contribution in [0.25, 0.3) is 10.8 Å². The highest BCUT2D eigenvalue weighted by Gasteiger charge is 2.44. The van der Waals surface area contributed by atoms with Crippen molar-refractivity contribution in [2.75, 3.05) is 6.61 Å². The van der Waals surface area contributed by atoms with E-state index in [0.29, 0.717) is 5.56 Å². The van der Waals surface area contributed by atoms with Crippen molar-refractivity contribution in [3.8, 4) is 0 Å². The quantitative estimate of drug-likeness (QED) is 0.620. The first-order valence-electron chi connectivity index (χ1n) is 7.64. The molecule has 2 aromatic carbocycles. The molecule has 1 unspecified atom stereocenters. The molecule has 1 aliphatic rings. The molecule has 0 aliphatic carbocycles. The van der Waals surface area contributed by atoms with Crippen LogP contribution in [0.5, 0.6) is 0 Å². The van der Waals surface area contributed by atoms with Gasteiger partial charge < -0.3 is 29.5 Å². The molecule has 1 saturated heterocycles. The second kappa shape index (κ2) is 7.49. The zero-order valence-electron chi connectivity index (χ0n) is 13.1. The zero-order chi connectivity index (χ0) is 18.0. The van der Waals surface area contributed by atoms with E-state index in [9.17, 15) is 19.7 Å². The summed E-state index contributed by atoms with van der Waals surface area (Å²) < 4.78 is 26.4. The Balaban J connectivity index is 1.62. The van der Waals surface area contributed by atoms with Gasteiger partial charge in [0, 0.05) is 0 Å². The Morgan fingerprint density at radius 2 is 1.84 bits per heavy atom.